The molecule has 0 radical (unpaired) electrons. The molecule has 12 heteroatoms. The third-order valence-electron chi connectivity index (χ3n) is 3.83. The van der Waals surface area contributed by atoms with Crippen molar-refractivity contribution < 1.29 is 35.9 Å². The molecule has 27 heavy (non-hydrogen) atoms. The highest BCUT2D eigenvalue weighted by Crippen LogP contribution is 2.52. The number of ketones is 1. The predicted molar refractivity (Wildman–Crippen MR) is 84.7 cm³/mol. The molecule has 3 rings (SSSR count). The molecular formula is C15H11F6N3O2S. The summed E-state index contributed by atoms with van der Waals surface area (Å²) in [5.74, 6) is -11.7. The van der Waals surface area contributed by atoms with Gasteiger partial charge in [0.15, 0.2) is 16.8 Å². The van der Waals surface area contributed by atoms with Gasteiger partial charge in [0.05, 0.1) is 6.42 Å². The van der Waals surface area contributed by atoms with Crippen LogP contribution in [0, 0.1) is 11.6 Å². The molecule has 0 amide bonds. The number of thiazole rings is 1. The van der Waals surface area contributed by atoms with Gasteiger partial charge >= 0.3 is 11.8 Å². The maximum atomic E-state index is 13.2. The summed E-state index contributed by atoms with van der Waals surface area (Å²) >= 11 is 0.721. The fourth-order valence-electron chi connectivity index (χ4n) is 2.29. The number of anilines is 3. The average molecular weight is 411 g/mol. The number of benzene rings is 1. The van der Waals surface area contributed by atoms with Crippen LogP contribution in [0.5, 0.6) is 0 Å². The van der Waals surface area contributed by atoms with Crippen LogP contribution in [0.2, 0.25) is 0 Å². The summed E-state index contributed by atoms with van der Waals surface area (Å²) in [6, 6.07) is 2.96. The summed E-state index contributed by atoms with van der Waals surface area (Å²) in [5, 5.41) is 2.67. The highest BCUT2D eigenvalue weighted by Gasteiger charge is 2.72. The SMILES string of the molecule is Nc1nc(Nc2ccc(F)c(F)c2)sc1C(=O)COC1CC(F)(F)C1(F)F. The lowest BCUT2D eigenvalue weighted by atomic mass is 9.85. The Morgan fingerprint density at radius 3 is 2.59 bits per heavy atom. The quantitative estimate of drug-likeness (QED) is 0.555. The summed E-state index contributed by atoms with van der Waals surface area (Å²) in [5.41, 5.74) is 5.71. The monoisotopic (exact) mass is 411 g/mol. The van der Waals surface area contributed by atoms with Crippen molar-refractivity contribution in [2.24, 2.45) is 0 Å². The number of hydrogen-bond donors (Lipinski definition) is 2. The average Bonchev–Trinajstić information content (AvgIpc) is 2.95. The van der Waals surface area contributed by atoms with Crippen LogP contribution in [-0.2, 0) is 4.74 Å². The minimum absolute atomic E-state index is 0.0577. The molecule has 1 saturated carbocycles. The van der Waals surface area contributed by atoms with Gasteiger partial charge in [-0.3, -0.25) is 4.79 Å². The van der Waals surface area contributed by atoms with Crippen LogP contribution < -0.4 is 11.1 Å². The second-order valence-electron chi connectivity index (χ2n) is 5.74. The molecule has 1 unspecified atom stereocenters. The van der Waals surface area contributed by atoms with Crippen molar-refractivity contribution in [3.63, 3.8) is 0 Å². The third-order valence-corrected chi connectivity index (χ3v) is 4.85. The Labute approximate surface area is 152 Å². The molecule has 146 valence electrons. The normalized spacial score (nSPS) is 20.1. The number of carbonyl (C=O) groups excluding carboxylic acids is 1. The highest BCUT2D eigenvalue weighted by atomic mass is 32.1. The molecule has 1 atom stereocenters. The number of aromatic nitrogens is 1. The second kappa shape index (κ2) is 6.68. The number of nitrogens with one attached hydrogen (secondary N) is 1. The van der Waals surface area contributed by atoms with Crippen molar-refractivity contribution in [3.8, 4) is 0 Å². The molecule has 0 spiro atoms. The number of Topliss-reactive ketones (excluding diaryl/α,β-unsaturated/α-hetero) is 1. The number of ether oxygens (including phenoxy) is 1. The van der Waals surface area contributed by atoms with Crippen LogP contribution in [0.15, 0.2) is 18.2 Å². The largest absolute Gasteiger partial charge is 0.382 e. The summed E-state index contributed by atoms with van der Waals surface area (Å²) in [7, 11) is 0. The van der Waals surface area contributed by atoms with E-state index in [4.69, 9.17) is 5.73 Å². The predicted octanol–water partition coefficient (Wildman–Crippen LogP) is 3.99. The Balaban J connectivity index is 1.64. The summed E-state index contributed by atoms with van der Waals surface area (Å²) in [6.45, 7) is -0.882. The number of carbonyl (C=O) groups is 1. The Hall–Kier alpha value is -2.34. The van der Waals surface area contributed by atoms with Crippen LogP contribution in [0.25, 0.3) is 0 Å². The first-order valence-corrected chi connectivity index (χ1v) is 8.22. The van der Waals surface area contributed by atoms with Gasteiger partial charge in [-0.05, 0) is 12.1 Å². The topological polar surface area (TPSA) is 77.2 Å². The van der Waals surface area contributed by atoms with Gasteiger partial charge in [-0.2, -0.15) is 17.6 Å². The van der Waals surface area contributed by atoms with Crippen LogP contribution in [-0.4, -0.2) is 35.3 Å². The van der Waals surface area contributed by atoms with Crippen molar-refractivity contribution >= 4 is 33.8 Å². The molecular weight excluding hydrogens is 400 g/mol. The van der Waals surface area contributed by atoms with E-state index in [1.807, 2.05) is 0 Å². The van der Waals surface area contributed by atoms with Gasteiger partial charge in [-0.25, -0.2) is 13.8 Å². The smallest absolute Gasteiger partial charge is 0.335 e. The maximum Gasteiger partial charge on any atom is 0.335 e. The molecule has 0 bridgehead atoms. The number of nitrogen functional groups attached to an aromatic ring is 1. The van der Waals surface area contributed by atoms with Crippen LogP contribution in [0.3, 0.4) is 0 Å². The Morgan fingerprint density at radius 2 is 2.00 bits per heavy atom. The molecule has 1 aliphatic carbocycles. The van der Waals surface area contributed by atoms with Gasteiger partial charge in [0.25, 0.3) is 0 Å². The minimum Gasteiger partial charge on any atom is -0.382 e. The first kappa shape index (κ1) is 19.4. The number of alkyl halides is 4. The fraction of sp³-hybridized carbons (Fsp3) is 0.333. The van der Waals surface area contributed by atoms with Crippen molar-refractivity contribution in [1.82, 2.24) is 4.98 Å². The van der Waals surface area contributed by atoms with E-state index in [-0.39, 0.29) is 21.5 Å². The first-order valence-electron chi connectivity index (χ1n) is 7.40. The van der Waals surface area contributed by atoms with E-state index < -0.39 is 48.4 Å². The number of hydrogen-bond acceptors (Lipinski definition) is 6. The maximum absolute atomic E-state index is 13.2. The zero-order valence-corrected chi connectivity index (χ0v) is 14.1. The number of rotatable bonds is 6. The van der Waals surface area contributed by atoms with E-state index in [1.165, 1.54) is 6.07 Å². The number of halogens is 6. The molecule has 1 aromatic heterocycles. The summed E-state index contributed by atoms with van der Waals surface area (Å²) in [4.78, 5) is 15.7. The van der Waals surface area contributed by atoms with E-state index in [9.17, 15) is 31.1 Å². The number of nitrogens with zero attached hydrogens (tertiary/aromatic N) is 1. The molecule has 1 fully saturated rings. The van der Waals surface area contributed by atoms with E-state index in [0.717, 1.165) is 23.5 Å². The van der Waals surface area contributed by atoms with Crippen molar-refractivity contribution in [1.29, 1.82) is 0 Å². The van der Waals surface area contributed by atoms with Gasteiger partial charge in [-0.1, -0.05) is 11.3 Å². The van der Waals surface area contributed by atoms with Gasteiger partial charge in [-0.15, -0.1) is 0 Å². The van der Waals surface area contributed by atoms with E-state index >= 15 is 0 Å². The minimum atomic E-state index is -4.34. The van der Waals surface area contributed by atoms with Crippen LogP contribution in [0.1, 0.15) is 16.1 Å². The Morgan fingerprint density at radius 1 is 1.30 bits per heavy atom. The molecule has 5 nitrogen and oxygen atoms in total. The lowest BCUT2D eigenvalue weighted by molar-refractivity contribution is -0.338. The van der Waals surface area contributed by atoms with Crippen molar-refractivity contribution in [3.05, 3.63) is 34.7 Å². The van der Waals surface area contributed by atoms with Crippen molar-refractivity contribution in [2.45, 2.75) is 24.4 Å². The molecule has 1 aliphatic rings. The zero-order valence-electron chi connectivity index (χ0n) is 13.2. The Kier molecular flexibility index (Phi) is 4.80. The lowest BCUT2D eigenvalue weighted by Gasteiger charge is -2.42. The standard InChI is InChI=1S/C15H11F6N3O2S/c16-7-2-1-6(3-8(7)17)23-13-24-12(22)11(27-13)9(25)5-26-10-4-14(18,19)15(10,20)21/h1-3,10H,4-5,22H2,(H,23,24). The molecule has 3 N–H and O–H groups in total. The van der Waals surface area contributed by atoms with Crippen molar-refractivity contribution in [2.75, 3.05) is 17.7 Å². The van der Waals surface area contributed by atoms with Gasteiger partial charge in [0.1, 0.15) is 23.4 Å². The Bertz CT molecular complexity index is 888. The molecule has 1 heterocycles. The molecule has 0 saturated heterocycles. The van der Waals surface area contributed by atoms with Crippen LogP contribution in [0.4, 0.5) is 43.0 Å². The fourth-order valence-corrected chi connectivity index (χ4v) is 3.12. The first-order chi connectivity index (χ1) is 12.5. The van der Waals surface area contributed by atoms with E-state index in [0.29, 0.717) is 0 Å². The third kappa shape index (κ3) is 3.58. The summed E-state index contributed by atoms with van der Waals surface area (Å²) < 4.78 is 82.4. The lowest BCUT2D eigenvalue weighted by Crippen LogP contribution is -2.63. The molecule has 0 aliphatic heterocycles. The highest BCUT2D eigenvalue weighted by molar-refractivity contribution is 7.18. The van der Waals surface area contributed by atoms with Gasteiger partial charge in [0, 0.05) is 11.8 Å². The molecule has 1 aromatic carbocycles. The zero-order chi connectivity index (χ0) is 20.0. The number of nitrogens with two attached hydrogens (primary N) is 1. The van der Waals surface area contributed by atoms with E-state index in [2.05, 4.69) is 15.0 Å². The molecule has 2 aromatic rings. The van der Waals surface area contributed by atoms with E-state index in [1.54, 1.807) is 0 Å². The van der Waals surface area contributed by atoms with Crippen LogP contribution >= 0.6 is 11.3 Å². The second-order valence-corrected chi connectivity index (χ2v) is 6.74. The summed E-state index contributed by atoms with van der Waals surface area (Å²) in [6.07, 6.45) is -3.25. The van der Waals surface area contributed by atoms with Gasteiger partial charge in [0.2, 0.25) is 5.78 Å². The van der Waals surface area contributed by atoms with Gasteiger partial charge < -0.3 is 15.8 Å².